The van der Waals surface area contributed by atoms with Gasteiger partial charge in [0.05, 0.1) is 11.0 Å². The van der Waals surface area contributed by atoms with Crippen LogP contribution in [0, 0.1) is 13.8 Å². The standard InChI is InChI=1S/C12H13N5O/c1-7-3-4-10-9(5-7)15-12(13)17(10)6-11-14-8(2)16-18-11/h3-5H,6H2,1-2H3,(H2,13,15). The Labute approximate surface area is 103 Å². The molecule has 3 aromatic rings. The van der Waals surface area contributed by atoms with E-state index in [1.165, 1.54) is 0 Å². The van der Waals surface area contributed by atoms with Crippen molar-refractivity contribution in [3.8, 4) is 0 Å². The van der Waals surface area contributed by atoms with Gasteiger partial charge in [-0.3, -0.25) is 0 Å². The Kier molecular flexibility index (Phi) is 2.29. The van der Waals surface area contributed by atoms with E-state index >= 15 is 0 Å². The predicted octanol–water partition coefficient (Wildman–Crippen LogP) is 1.67. The topological polar surface area (TPSA) is 82.8 Å². The fourth-order valence-electron chi connectivity index (χ4n) is 1.96. The second-order valence-electron chi connectivity index (χ2n) is 4.28. The number of hydrogen-bond acceptors (Lipinski definition) is 5. The lowest BCUT2D eigenvalue weighted by molar-refractivity contribution is 0.369. The molecule has 0 fully saturated rings. The first-order chi connectivity index (χ1) is 8.63. The van der Waals surface area contributed by atoms with Crippen molar-refractivity contribution in [2.45, 2.75) is 20.4 Å². The lowest BCUT2D eigenvalue weighted by Crippen LogP contribution is -2.04. The lowest BCUT2D eigenvalue weighted by Gasteiger charge is -2.02. The molecule has 0 aliphatic carbocycles. The van der Waals surface area contributed by atoms with Crippen LogP contribution >= 0.6 is 0 Å². The van der Waals surface area contributed by atoms with E-state index in [4.69, 9.17) is 10.3 Å². The molecule has 2 heterocycles. The summed E-state index contributed by atoms with van der Waals surface area (Å²) >= 11 is 0. The van der Waals surface area contributed by atoms with Crippen LogP contribution in [-0.2, 0) is 6.54 Å². The highest BCUT2D eigenvalue weighted by Gasteiger charge is 2.11. The summed E-state index contributed by atoms with van der Waals surface area (Å²) in [6.07, 6.45) is 0. The molecule has 0 aliphatic heterocycles. The first kappa shape index (κ1) is 10.8. The number of rotatable bonds is 2. The van der Waals surface area contributed by atoms with Crippen LogP contribution in [0.5, 0.6) is 0 Å². The molecule has 0 atom stereocenters. The Morgan fingerprint density at radius 3 is 2.83 bits per heavy atom. The van der Waals surface area contributed by atoms with Gasteiger partial charge in [0.1, 0.15) is 6.54 Å². The smallest absolute Gasteiger partial charge is 0.246 e. The van der Waals surface area contributed by atoms with Gasteiger partial charge < -0.3 is 14.8 Å². The number of fused-ring (bicyclic) bond motifs is 1. The number of benzene rings is 1. The third-order valence-electron chi connectivity index (χ3n) is 2.80. The maximum absolute atomic E-state index is 5.92. The molecule has 0 aliphatic rings. The highest BCUT2D eigenvalue weighted by molar-refractivity contribution is 5.79. The third kappa shape index (κ3) is 1.71. The Balaban J connectivity index is 2.08. The fraction of sp³-hybridized carbons (Fsp3) is 0.250. The molecule has 0 bridgehead atoms. The predicted molar refractivity (Wildman–Crippen MR) is 67.0 cm³/mol. The van der Waals surface area contributed by atoms with Crippen molar-refractivity contribution in [2.75, 3.05) is 5.73 Å². The minimum Gasteiger partial charge on any atom is -0.369 e. The summed E-state index contributed by atoms with van der Waals surface area (Å²) in [5.41, 5.74) is 8.92. The third-order valence-corrected chi connectivity index (χ3v) is 2.80. The first-order valence-corrected chi connectivity index (χ1v) is 5.65. The van der Waals surface area contributed by atoms with Gasteiger partial charge >= 0.3 is 0 Å². The van der Waals surface area contributed by atoms with E-state index in [-0.39, 0.29) is 0 Å². The first-order valence-electron chi connectivity index (χ1n) is 5.65. The summed E-state index contributed by atoms with van der Waals surface area (Å²) < 4.78 is 6.96. The van der Waals surface area contributed by atoms with E-state index in [0.29, 0.717) is 24.2 Å². The molecule has 0 radical (unpaired) electrons. The number of aromatic nitrogens is 4. The molecule has 0 spiro atoms. The van der Waals surface area contributed by atoms with Gasteiger partial charge in [0, 0.05) is 0 Å². The number of aryl methyl sites for hydroxylation is 2. The van der Waals surface area contributed by atoms with Crippen molar-refractivity contribution in [1.82, 2.24) is 19.7 Å². The largest absolute Gasteiger partial charge is 0.369 e. The average molecular weight is 243 g/mol. The molecular weight excluding hydrogens is 230 g/mol. The van der Waals surface area contributed by atoms with Gasteiger partial charge in [-0.25, -0.2) is 4.98 Å². The minimum atomic E-state index is 0.437. The summed E-state index contributed by atoms with van der Waals surface area (Å²) in [5.74, 6) is 1.59. The lowest BCUT2D eigenvalue weighted by atomic mass is 10.2. The number of nitrogen functional groups attached to an aromatic ring is 1. The molecule has 18 heavy (non-hydrogen) atoms. The van der Waals surface area contributed by atoms with E-state index in [0.717, 1.165) is 16.6 Å². The molecule has 3 rings (SSSR count). The maximum Gasteiger partial charge on any atom is 0.246 e. The summed E-state index contributed by atoms with van der Waals surface area (Å²) in [4.78, 5) is 8.50. The van der Waals surface area contributed by atoms with Crippen LogP contribution in [0.15, 0.2) is 22.7 Å². The number of nitrogens with zero attached hydrogens (tertiary/aromatic N) is 4. The minimum absolute atomic E-state index is 0.437. The monoisotopic (exact) mass is 243 g/mol. The van der Waals surface area contributed by atoms with Crippen LogP contribution in [0.2, 0.25) is 0 Å². The molecule has 0 unspecified atom stereocenters. The van der Waals surface area contributed by atoms with Gasteiger partial charge in [-0.1, -0.05) is 11.2 Å². The number of nitrogens with two attached hydrogens (primary N) is 1. The van der Waals surface area contributed by atoms with Crippen LogP contribution in [0.1, 0.15) is 17.3 Å². The van der Waals surface area contributed by atoms with Crippen molar-refractivity contribution < 1.29 is 4.52 Å². The second kappa shape index (κ2) is 3.83. The maximum atomic E-state index is 5.92. The van der Waals surface area contributed by atoms with E-state index in [9.17, 15) is 0 Å². The summed E-state index contributed by atoms with van der Waals surface area (Å²) in [6, 6.07) is 6.03. The van der Waals surface area contributed by atoms with Gasteiger partial charge in [-0.05, 0) is 31.5 Å². The van der Waals surface area contributed by atoms with E-state index < -0.39 is 0 Å². The van der Waals surface area contributed by atoms with Gasteiger partial charge in [-0.2, -0.15) is 4.98 Å². The molecule has 6 nitrogen and oxygen atoms in total. The molecule has 6 heteroatoms. The normalized spacial score (nSPS) is 11.2. The quantitative estimate of drug-likeness (QED) is 0.740. The highest BCUT2D eigenvalue weighted by atomic mass is 16.5. The Hall–Kier alpha value is -2.37. The van der Waals surface area contributed by atoms with E-state index in [1.54, 1.807) is 6.92 Å². The Morgan fingerprint density at radius 1 is 1.28 bits per heavy atom. The zero-order chi connectivity index (χ0) is 12.7. The van der Waals surface area contributed by atoms with Gasteiger partial charge in [-0.15, -0.1) is 0 Å². The SMILES string of the molecule is Cc1ccc2c(c1)nc(N)n2Cc1nc(C)no1. The number of hydrogen-bond donors (Lipinski definition) is 1. The van der Waals surface area contributed by atoms with Crippen LogP contribution in [0.25, 0.3) is 11.0 Å². The van der Waals surface area contributed by atoms with Crippen LogP contribution in [-0.4, -0.2) is 19.7 Å². The van der Waals surface area contributed by atoms with Crippen LogP contribution in [0.3, 0.4) is 0 Å². The molecule has 0 amide bonds. The van der Waals surface area contributed by atoms with Crippen LogP contribution in [0.4, 0.5) is 5.95 Å². The zero-order valence-electron chi connectivity index (χ0n) is 10.2. The molecule has 2 N–H and O–H groups in total. The van der Waals surface area contributed by atoms with Crippen LogP contribution < -0.4 is 5.73 Å². The number of anilines is 1. The molecule has 2 aromatic heterocycles. The molecule has 0 saturated heterocycles. The fourth-order valence-corrected chi connectivity index (χ4v) is 1.96. The zero-order valence-corrected chi connectivity index (χ0v) is 10.2. The second-order valence-corrected chi connectivity index (χ2v) is 4.28. The summed E-state index contributed by atoms with van der Waals surface area (Å²) in [7, 11) is 0. The molecule has 0 saturated carbocycles. The molecule has 92 valence electrons. The average Bonchev–Trinajstić information content (AvgIpc) is 2.84. The Bertz CT molecular complexity index is 712. The van der Waals surface area contributed by atoms with Crippen molar-refractivity contribution in [1.29, 1.82) is 0 Å². The Morgan fingerprint density at radius 2 is 2.11 bits per heavy atom. The van der Waals surface area contributed by atoms with Crippen molar-refractivity contribution >= 4 is 17.0 Å². The van der Waals surface area contributed by atoms with Crippen molar-refractivity contribution in [2.24, 2.45) is 0 Å². The number of imidazole rings is 1. The van der Waals surface area contributed by atoms with Crippen molar-refractivity contribution in [3.05, 3.63) is 35.5 Å². The van der Waals surface area contributed by atoms with E-state index in [1.807, 2.05) is 29.7 Å². The van der Waals surface area contributed by atoms with E-state index in [2.05, 4.69) is 15.1 Å². The summed E-state index contributed by atoms with van der Waals surface area (Å²) in [5, 5.41) is 3.76. The van der Waals surface area contributed by atoms with Gasteiger partial charge in [0.25, 0.3) is 0 Å². The van der Waals surface area contributed by atoms with Gasteiger partial charge in [0.15, 0.2) is 5.82 Å². The highest BCUT2D eigenvalue weighted by Crippen LogP contribution is 2.20. The summed E-state index contributed by atoms with van der Waals surface area (Å²) in [6.45, 7) is 4.24. The van der Waals surface area contributed by atoms with Crippen molar-refractivity contribution in [3.63, 3.8) is 0 Å². The molecule has 1 aromatic carbocycles. The molecular formula is C12H13N5O. The van der Waals surface area contributed by atoms with Gasteiger partial charge in [0.2, 0.25) is 11.8 Å².